The van der Waals surface area contributed by atoms with Crippen LogP contribution in [0.15, 0.2) is 4.42 Å². The predicted molar refractivity (Wildman–Crippen MR) is 78.1 cm³/mol. The highest BCUT2D eigenvalue weighted by Crippen LogP contribution is 2.32. The number of hydrogen-bond acceptors (Lipinski definition) is 4. The van der Waals surface area contributed by atoms with Crippen LogP contribution in [-0.2, 0) is 11.2 Å². The highest BCUT2D eigenvalue weighted by Gasteiger charge is 2.27. The van der Waals surface area contributed by atoms with Crippen LogP contribution in [-0.4, -0.2) is 30.1 Å². The highest BCUT2D eigenvalue weighted by atomic mass is 16.5. The fourth-order valence-corrected chi connectivity index (χ4v) is 2.93. The molecule has 1 aromatic heterocycles. The van der Waals surface area contributed by atoms with E-state index in [1.807, 2.05) is 6.92 Å². The number of ether oxygens (including phenoxy) is 1. The molecule has 116 valence electrons. The van der Waals surface area contributed by atoms with Crippen LogP contribution in [0.3, 0.4) is 0 Å². The molecule has 0 spiro atoms. The van der Waals surface area contributed by atoms with Crippen molar-refractivity contribution in [3.05, 3.63) is 17.3 Å². The largest absolute Gasteiger partial charge is 0.435 e. The average Bonchev–Trinajstić information content (AvgIpc) is 3.21. The summed E-state index contributed by atoms with van der Waals surface area (Å²) in [5.74, 6) is 2.14. The number of nitrogens with one attached hydrogen (secondary N) is 1. The molecule has 0 radical (unpaired) electrons. The van der Waals surface area contributed by atoms with Gasteiger partial charge in [-0.3, -0.25) is 4.79 Å². The van der Waals surface area contributed by atoms with E-state index in [4.69, 9.17) is 9.15 Å². The van der Waals surface area contributed by atoms with E-state index in [2.05, 4.69) is 17.2 Å². The van der Waals surface area contributed by atoms with Gasteiger partial charge >= 0.3 is 0 Å². The number of aryl methyl sites for hydroxylation is 1. The molecule has 0 aromatic carbocycles. The summed E-state index contributed by atoms with van der Waals surface area (Å²) < 4.78 is 11.0. The van der Waals surface area contributed by atoms with E-state index in [-0.39, 0.29) is 11.9 Å². The molecular weight excluding hydrogens is 268 g/mol. The predicted octanol–water partition coefficient (Wildman–Crippen LogP) is 2.48. The Kier molecular flexibility index (Phi) is 4.29. The van der Waals surface area contributed by atoms with E-state index in [9.17, 15) is 4.79 Å². The number of rotatable bonds is 5. The van der Waals surface area contributed by atoms with Crippen LogP contribution in [0.5, 0.6) is 0 Å². The number of aromatic nitrogens is 1. The minimum Gasteiger partial charge on any atom is -0.435 e. The molecule has 2 aliphatic rings. The molecule has 5 nitrogen and oxygen atoms in total. The molecule has 0 unspecified atom stereocenters. The van der Waals surface area contributed by atoms with Crippen LogP contribution < -0.4 is 5.32 Å². The normalized spacial score (nSPS) is 21.2. The third-order valence-corrected chi connectivity index (χ3v) is 4.54. The summed E-state index contributed by atoms with van der Waals surface area (Å²) in [5.41, 5.74) is 0.697. The molecule has 1 aliphatic carbocycles. The first-order valence-electron chi connectivity index (χ1n) is 7.98. The Morgan fingerprint density at radius 3 is 2.71 bits per heavy atom. The molecule has 2 heterocycles. The van der Waals surface area contributed by atoms with Crippen LogP contribution in [0.1, 0.15) is 54.7 Å². The van der Waals surface area contributed by atoms with Crippen LogP contribution in [0, 0.1) is 18.8 Å². The third-order valence-electron chi connectivity index (χ3n) is 4.54. The zero-order valence-corrected chi connectivity index (χ0v) is 12.9. The minimum atomic E-state index is -0.138. The Morgan fingerprint density at radius 2 is 2.05 bits per heavy atom. The van der Waals surface area contributed by atoms with E-state index >= 15 is 0 Å². The number of amides is 1. The van der Waals surface area contributed by atoms with Crippen LogP contribution >= 0.6 is 0 Å². The van der Waals surface area contributed by atoms with E-state index in [1.54, 1.807) is 0 Å². The molecule has 1 saturated carbocycles. The number of carbonyl (C=O) groups excluding carboxylic acids is 1. The van der Waals surface area contributed by atoms with Crippen LogP contribution in [0.25, 0.3) is 0 Å². The van der Waals surface area contributed by atoms with Gasteiger partial charge in [0.2, 0.25) is 5.76 Å². The first kappa shape index (κ1) is 14.6. The second-order valence-corrected chi connectivity index (χ2v) is 6.38. The Hall–Kier alpha value is -1.36. The van der Waals surface area contributed by atoms with Crippen molar-refractivity contribution in [2.75, 3.05) is 13.2 Å². The fourth-order valence-electron chi connectivity index (χ4n) is 2.93. The number of hydrogen-bond donors (Lipinski definition) is 1. The van der Waals surface area contributed by atoms with Gasteiger partial charge in [-0.2, -0.15) is 0 Å². The summed E-state index contributed by atoms with van der Waals surface area (Å²) >= 11 is 0. The monoisotopic (exact) mass is 292 g/mol. The lowest BCUT2D eigenvalue weighted by Crippen LogP contribution is -2.40. The lowest BCUT2D eigenvalue weighted by Gasteiger charge is -2.28. The van der Waals surface area contributed by atoms with Gasteiger partial charge in [0.25, 0.3) is 5.91 Å². The molecule has 0 bridgehead atoms. The summed E-state index contributed by atoms with van der Waals surface area (Å²) in [7, 11) is 0. The molecule has 2 fully saturated rings. The van der Waals surface area contributed by atoms with Crippen molar-refractivity contribution >= 4 is 5.91 Å². The van der Waals surface area contributed by atoms with Gasteiger partial charge in [0.1, 0.15) is 0 Å². The first-order valence-corrected chi connectivity index (χ1v) is 7.98. The van der Waals surface area contributed by atoms with Gasteiger partial charge < -0.3 is 14.5 Å². The van der Waals surface area contributed by atoms with Gasteiger partial charge in [0, 0.05) is 25.7 Å². The first-order chi connectivity index (χ1) is 10.1. The van der Waals surface area contributed by atoms with Gasteiger partial charge in [-0.05, 0) is 51.4 Å². The molecule has 5 heteroatoms. The zero-order chi connectivity index (χ0) is 14.8. The van der Waals surface area contributed by atoms with Crippen LogP contribution in [0.4, 0.5) is 0 Å². The van der Waals surface area contributed by atoms with Crippen molar-refractivity contribution in [3.8, 4) is 0 Å². The molecule has 1 atom stereocenters. The SMILES string of the molecule is Cc1nc(CC2CC2)oc1C(=O)N[C@@H](C)C1CCOCC1. The number of carbonyl (C=O) groups is 1. The molecule has 1 saturated heterocycles. The zero-order valence-electron chi connectivity index (χ0n) is 12.9. The number of nitrogens with zero attached hydrogens (tertiary/aromatic N) is 1. The van der Waals surface area contributed by atoms with E-state index in [0.717, 1.165) is 32.5 Å². The fraction of sp³-hybridized carbons (Fsp3) is 0.750. The van der Waals surface area contributed by atoms with Crippen LogP contribution in [0.2, 0.25) is 0 Å². The maximum absolute atomic E-state index is 12.4. The van der Waals surface area contributed by atoms with Crippen molar-refractivity contribution < 1.29 is 13.9 Å². The van der Waals surface area contributed by atoms with Gasteiger partial charge in [0.15, 0.2) is 5.89 Å². The summed E-state index contributed by atoms with van der Waals surface area (Å²) in [5, 5.41) is 3.06. The van der Waals surface area contributed by atoms with E-state index < -0.39 is 0 Å². The Morgan fingerprint density at radius 1 is 1.33 bits per heavy atom. The maximum atomic E-state index is 12.4. The quantitative estimate of drug-likeness (QED) is 0.905. The smallest absolute Gasteiger partial charge is 0.289 e. The highest BCUT2D eigenvalue weighted by molar-refractivity contribution is 5.92. The van der Waals surface area contributed by atoms with Gasteiger partial charge in [-0.25, -0.2) is 4.98 Å². The standard InChI is InChI=1S/C16H24N2O3/c1-10(13-5-7-20-8-6-13)18-16(19)15-11(2)17-14(21-15)9-12-3-4-12/h10,12-13H,3-9H2,1-2H3,(H,18,19)/t10-/m0/s1. The van der Waals surface area contributed by atoms with Crippen molar-refractivity contribution in [3.63, 3.8) is 0 Å². The second-order valence-electron chi connectivity index (χ2n) is 6.38. The molecule has 1 aromatic rings. The van der Waals surface area contributed by atoms with Crippen molar-refractivity contribution in [1.29, 1.82) is 0 Å². The van der Waals surface area contributed by atoms with Gasteiger partial charge in [0.05, 0.1) is 5.69 Å². The van der Waals surface area contributed by atoms with Crippen molar-refractivity contribution in [1.82, 2.24) is 10.3 Å². The summed E-state index contributed by atoms with van der Waals surface area (Å²) in [6, 6.07) is 0.137. The minimum absolute atomic E-state index is 0.137. The maximum Gasteiger partial charge on any atom is 0.289 e. The van der Waals surface area contributed by atoms with Gasteiger partial charge in [-0.1, -0.05) is 0 Å². The van der Waals surface area contributed by atoms with E-state index in [0.29, 0.717) is 29.2 Å². The van der Waals surface area contributed by atoms with Gasteiger partial charge in [-0.15, -0.1) is 0 Å². The molecule has 3 rings (SSSR count). The molecular formula is C16H24N2O3. The second kappa shape index (κ2) is 6.18. The van der Waals surface area contributed by atoms with Crippen molar-refractivity contribution in [2.45, 2.75) is 52.0 Å². The number of oxazole rings is 1. The third kappa shape index (κ3) is 3.64. The Balaban J connectivity index is 1.59. The molecule has 1 amide bonds. The molecule has 1 N–H and O–H groups in total. The molecule has 1 aliphatic heterocycles. The topological polar surface area (TPSA) is 64.4 Å². The lowest BCUT2D eigenvalue weighted by molar-refractivity contribution is 0.0533. The summed E-state index contributed by atoms with van der Waals surface area (Å²) in [6.45, 7) is 5.48. The average molecular weight is 292 g/mol. The summed E-state index contributed by atoms with van der Waals surface area (Å²) in [4.78, 5) is 16.7. The molecule has 21 heavy (non-hydrogen) atoms. The Bertz CT molecular complexity index is 502. The summed E-state index contributed by atoms with van der Waals surface area (Å²) in [6.07, 6.45) is 5.38. The van der Waals surface area contributed by atoms with E-state index in [1.165, 1.54) is 12.8 Å². The lowest BCUT2D eigenvalue weighted by atomic mass is 9.93. The Labute approximate surface area is 125 Å². The van der Waals surface area contributed by atoms with Crippen molar-refractivity contribution in [2.24, 2.45) is 11.8 Å².